The summed E-state index contributed by atoms with van der Waals surface area (Å²) in [4.78, 5) is 39.0. The third-order valence-electron chi connectivity index (χ3n) is 5.30. The van der Waals surface area contributed by atoms with E-state index >= 15 is 0 Å². The fourth-order valence-corrected chi connectivity index (χ4v) is 5.68. The summed E-state index contributed by atoms with van der Waals surface area (Å²) in [6.45, 7) is 0.0583. The van der Waals surface area contributed by atoms with E-state index in [1.165, 1.54) is 47.6 Å². The third-order valence-corrected chi connectivity index (χ3v) is 7.56. The van der Waals surface area contributed by atoms with Crippen LogP contribution in [0.1, 0.15) is 21.7 Å². The number of hydrogen-bond acceptors (Lipinski definition) is 7. The number of hydrogen-bond donors (Lipinski definition) is 2. The molecule has 1 aliphatic rings. The number of amides is 2. The first-order valence-corrected chi connectivity index (χ1v) is 12.8. The molecular formula is C25H18F2N2O5S3. The molecule has 0 atom stereocenters. The zero-order valence-electron chi connectivity index (χ0n) is 19.1. The van der Waals surface area contributed by atoms with Crippen LogP contribution in [-0.2, 0) is 9.59 Å². The van der Waals surface area contributed by atoms with Crippen molar-refractivity contribution in [3.8, 4) is 16.9 Å². The van der Waals surface area contributed by atoms with Crippen LogP contribution in [0.4, 0.5) is 14.5 Å². The van der Waals surface area contributed by atoms with Gasteiger partial charge in [-0.2, -0.15) is 0 Å². The second kappa shape index (κ2) is 11.2. The van der Waals surface area contributed by atoms with Gasteiger partial charge in [0, 0.05) is 29.6 Å². The number of thiophene rings is 1. The molecule has 37 heavy (non-hydrogen) atoms. The molecule has 1 fully saturated rings. The van der Waals surface area contributed by atoms with E-state index in [9.17, 15) is 23.2 Å². The second-order valence-electron chi connectivity index (χ2n) is 7.72. The van der Waals surface area contributed by atoms with Gasteiger partial charge >= 0.3 is 5.97 Å². The van der Waals surface area contributed by atoms with Crippen LogP contribution in [0.2, 0.25) is 0 Å². The number of carboxylic acid groups (broad SMARTS) is 1. The molecule has 2 amide bonds. The van der Waals surface area contributed by atoms with Crippen molar-refractivity contribution in [3.05, 3.63) is 74.8 Å². The Hall–Kier alpha value is -3.61. The summed E-state index contributed by atoms with van der Waals surface area (Å²) in [5, 5.41) is 13.6. The Bertz CT molecular complexity index is 1450. The highest BCUT2D eigenvalue weighted by molar-refractivity contribution is 8.26. The maximum atomic E-state index is 13.6. The van der Waals surface area contributed by atoms with Gasteiger partial charge in [0.05, 0.1) is 12.0 Å². The summed E-state index contributed by atoms with van der Waals surface area (Å²) in [6.07, 6.45) is 1.63. The van der Waals surface area contributed by atoms with Gasteiger partial charge in [0.2, 0.25) is 5.91 Å². The fraction of sp³-hybridized carbons (Fsp3) is 0.120. The van der Waals surface area contributed by atoms with Gasteiger partial charge in [0.15, 0.2) is 11.6 Å². The monoisotopic (exact) mass is 560 g/mol. The molecule has 0 radical (unpaired) electrons. The number of nitrogens with one attached hydrogen (secondary N) is 1. The van der Waals surface area contributed by atoms with E-state index in [0.29, 0.717) is 26.0 Å². The van der Waals surface area contributed by atoms with Crippen LogP contribution in [0.15, 0.2) is 52.7 Å². The normalized spacial score (nSPS) is 14.4. The number of methoxy groups -OCH3 is 1. The minimum absolute atomic E-state index is 0.0347. The number of nitrogens with zero attached hydrogens (tertiary/aromatic N) is 1. The van der Waals surface area contributed by atoms with Gasteiger partial charge in [-0.1, -0.05) is 30.0 Å². The van der Waals surface area contributed by atoms with E-state index < -0.39 is 23.5 Å². The number of carboxylic acids is 1. The number of thiocarbonyl (C=S) groups is 1. The first kappa shape index (κ1) is 26.5. The van der Waals surface area contributed by atoms with Gasteiger partial charge in [-0.05, 0) is 52.9 Å². The van der Waals surface area contributed by atoms with Crippen LogP contribution in [0.25, 0.3) is 17.2 Å². The molecule has 3 aromatic rings. The number of carbonyl (C=O) groups is 3. The van der Waals surface area contributed by atoms with Gasteiger partial charge in [-0.15, -0.1) is 11.3 Å². The number of anilines is 1. The topological polar surface area (TPSA) is 95.9 Å². The molecule has 12 heteroatoms. The van der Waals surface area contributed by atoms with Crippen LogP contribution >= 0.6 is 35.3 Å². The van der Waals surface area contributed by atoms with Gasteiger partial charge in [0.25, 0.3) is 5.91 Å². The van der Waals surface area contributed by atoms with Crippen molar-refractivity contribution in [1.29, 1.82) is 0 Å². The predicted octanol–water partition coefficient (Wildman–Crippen LogP) is 5.63. The summed E-state index contributed by atoms with van der Waals surface area (Å²) in [5.41, 5.74) is 1.53. The molecule has 1 aliphatic heterocycles. The number of aromatic carboxylic acids is 1. The molecule has 0 spiro atoms. The molecule has 1 aromatic heterocycles. The van der Waals surface area contributed by atoms with Gasteiger partial charge in [-0.25, -0.2) is 13.6 Å². The summed E-state index contributed by atoms with van der Waals surface area (Å²) in [5.74, 6) is -3.64. The molecule has 0 aliphatic carbocycles. The van der Waals surface area contributed by atoms with Gasteiger partial charge in [0.1, 0.15) is 15.6 Å². The Morgan fingerprint density at radius 3 is 2.62 bits per heavy atom. The molecule has 190 valence electrons. The molecule has 2 aromatic carbocycles. The smallest absolute Gasteiger partial charge is 0.339 e. The van der Waals surface area contributed by atoms with Gasteiger partial charge < -0.3 is 15.2 Å². The van der Waals surface area contributed by atoms with E-state index in [-0.39, 0.29) is 30.2 Å². The maximum Gasteiger partial charge on any atom is 0.339 e. The lowest BCUT2D eigenvalue weighted by atomic mass is 10.1. The van der Waals surface area contributed by atoms with E-state index in [1.54, 1.807) is 17.5 Å². The Morgan fingerprint density at radius 1 is 1.14 bits per heavy atom. The molecule has 2 N–H and O–H groups in total. The number of benzene rings is 2. The van der Waals surface area contributed by atoms with Crippen molar-refractivity contribution in [3.63, 3.8) is 0 Å². The Balaban J connectivity index is 1.38. The lowest BCUT2D eigenvalue weighted by Crippen LogP contribution is -2.31. The van der Waals surface area contributed by atoms with Crippen molar-refractivity contribution >= 4 is 69.2 Å². The molecule has 4 rings (SSSR count). The van der Waals surface area contributed by atoms with Crippen LogP contribution in [0, 0.1) is 11.6 Å². The molecule has 0 saturated carbocycles. The maximum absolute atomic E-state index is 13.6. The van der Waals surface area contributed by atoms with Crippen molar-refractivity contribution < 1.29 is 33.0 Å². The zero-order valence-corrected chi connectivity index (χ0v) is 21.6. The van der Waals surface area contributed by atoms with Crippen LogP contribution < -0.4 is 10.1 Å². The predicted molar refractivity (Wildman–Crippen MR) is 143 cm³/mol. The lowest BCUT2D eigenvalue weighted by molar-refractivity contribution is -0.122. The van der Waals surface area contributed by atoms with Crippen LogP contribution in [0.5, 0.6) is 5.75 Å². The lowest BCUT2D eigenvalue weighted by Gasteiger charge is -2.14. The first-order valence-electron chi connectivity index (χ1n) is 10.7. The van der Waals surface area contributed by atoms with Gasteiger partial charge in [-0.3, -0.25) is 14.5 Å². The second-order valence-corrected chi connectivity index (χ2v) is 10.3. The minimum Gasteiger partial charge on any atom is -0.496 e. The number of rotatable bonds is 8. The zero-order chi connectivity index (χ0) is 26.7. The quantitative estimate of drug-likeness (QED) is 0.272. The van der Waals surface area contributed by atoms with E-state index in [4.69, 9.17) is 22.1 Å². The molecular weight excluding hydrogens is 542 g/mol. The Kier molecular flexibility index (Phi) is 8.00. The fourth-order valence-electron chi connectivity index (χ4n) is 3.46. The van der Waals surface area contributed by atoms with Crippen LogP contribution in [-0.4, -0.2) is 45.8 Å². The highest BCUT2D eigenvalue weighted by Gasteiger charge is 2.32. The average molecular weight is 561 g/mol. The molecule has 7 nitrogen and oxygen atoms in total. The van der Waals surface area contributed by atoms with Crippen LogP contribution in [0.3, 0.4) is 0 Å². The van der Waals surface area contributed by atoms with E-state index in [0.717, 1.165) is 28.8 Å². The van der Waals surface area contributed by atoms with Crippen molar-refractivity contribution in [2.75, 3.05) is 19.0 Å². The number of ether oxygens (including phenoxy) is 1. The van der Waals surface area contributed by atoms with E-state index in [2.05, 4.69) is 5.32 Å². The summed E-state index contributed by atoms with van der Waals surface area (Å²) in [7, 11) is 1.33. The number of carbonyl (C=O) groups excluding carboxylic acids is 2. The van der Waals surface area contributed by atoms with E-state index in [1.807, 2.05) is 0 Å². The largest absolute Gasteiger partial charge is 0.496 e. The molecule has 1 saturated heterocycles. The van der Waals surface area contributed by atoms with Crippen molar-refractivity contribution in [1.82, 2.24) is 4.90 Å². The minimum atomic E-state index is -1.15. The summed E-state index contributed by atoms with van der Waals surface area (Å²) >= 11 is 7.78. The molecule has 2 heterocycles. The highest BCUT2D eigenvalue weighted by atomic mass is 32.2. The Morgan fingerprint density at radius 2 is 1.92 bits per heavy atom. The summed E-state index contributed by atoms with van der Waals surface area (Å²) in [6, 6.07) is 9.59. The molecule has 0 bridgehead atoms. The van der Waals surface area contributed by atoms with Crippen molar-refractivity contribution in [2.45, 2.75) is 6.42 Å². The number of thioether (sulfide) groups is 1. The third kappa shape index (κ3) is 6.04. The molecule has 0 unspecified atom stereocenters. The SMILES string of the molecule is COc1cc(NC(=O)CCN2C(=O)C(=Cc3cc(-c4ccc(F)c(F)c4)cs3)SC2=S)ccc1C(=O)O. The number of halogens is 2. The average Bonchev–Trinajstić information content (AvgIpc) is 3.43. The first-order chi connectivity index (χ1) is 17.7. The highest BCUT2D eigenvalue weighted by Crippen LogP contribution is 2.35. The Labute approximate surface area is 223 Å². The standard InChI is InChI=1S/C25H18F2N2O5S3/c1-34-20-10-15(3-4-17(20)24(32)33)28-22(30)6-7-29-23(31)21(37-25(29)35)11-16-8-14(12-36-16)13-2-5-18(26)19(27)9-13/h2-5,8-12H,6-7H2,1H3,(H,28,30)(H,32,33). The summed E-state index contributed by atoms with van der Waals surface area (Å²) < 4.78 is 32.1. The van der Waals surface area contributed by atoms with Crippen molar-refractivity contribution in [2.24, 2.45) is 0 Å².